The number of H-pyrrole nitrogens is 1. The average molecular weight is 609 g/mol. The highest BCUT2D eigenvalue weighted by Gasteiger charge is 2.22. The van der Waals surface area contributed by atoms with Crippen molar-refractivity contribution >= 4 is 22.6 Å². The summed E-state index contributed by atoms with van der Waals surface area (Å²) in [6, 6.07) is 7.07. The van der Waals surface area contributed by atoms with Crippen LogP contribution < -0.4 is 21.3 Å². The molecule has 5 rings (SSSR count). The number of aromatic nitrogens is 5. The summed E-state index contributed by atoms with van der Waals surface area (Å²) in [4.78, 5) is 43.9. The predicted molar refractivity (Wildman–Crippen MR) is 155 cm³/mol. The molecule has 0 aliphatic carbocycles. The number of fused-ring (bicyclic) bond motifs is 1. The van der Waals surface area contributed by atoms with Crippen LogP contribution in [0.3, 0.4) is 0 Å². The number of hydrogen-bond acceptors (Lipinski definition) is 8. The SMILES string of the molecule is CC(C)n1cc(C(=O)Cc2ccc(Oc3ccnc4[nH]nc(N[C@@H](C)CO)c34)c(F)c2)c(=O)n(-c2ccc(F)c(F)c2)c1=O. The number of anilines is 1. The number of aliphatic hydroxyl groups excluding tert-OH is 1. The van der Waals surface area contributed by atoms with Gasteiger partial charge in [0.15, 0.2) is 40.4 Å². The standard InChI is InChI=1S/C30H27F3N6O5/c1-15(2)38-13-19(29(42)39(30(38)43)18-5-6-20(31)21(32)12-18)23(41)11-17-4-7-24(22(33)10-17)44-25-8-9-34-27-26(25)28(37-36-27)35-16(3)14-40/h4-10,12-13,15-16,40H,11,14H2,1-3H3,(H2,34,35,36,37)/t16-/m0/s1. The Morgan fingerprint density at radius 2 is 1.80 bits per heavy atom. The molecule has 44 heavy (non-hydrogen) atoms. The van der Waals surface area contributed by atoms with Gasteiger partial charge in [-0.15, -0.1) is 0 Å². The van der Waals surface area contributed by atoms with Crippen molar-refractivity contribution in [3.05, 3.63) is 104 Å². The molecule has 3 heterocycles. The van der Waals surface area contributed by atoms with Crippen molar-refractivity contribution in [1.29, 1.82) is 0 Å². The van der Waals surface area contributed by atoms with Crippen LogP contribution in [0.2, 0.25) is 0 Å². The lowest BCUT2D eigenvalue weighted by Crippen LogP contribution is -2.42. The highest BCUT2D eigenvalue weighted by Crippen LogP contribution is 2.34. The number of Topliss-reactive ketones (excluding diaryl/α,β-unsaturated/α-hetero) is 1. The summed E-state index contributed by atoms with van der Waals surface area (Å²) in [5.74, 6) is -3.54. The van der Waals surface area contributed by atoms with Crippen molar-refractivity contribution < 1.29 is 27.8 Å². The second-order valence-corrected chi connectivity index (χ2v) is 10.4. The summed E-state index contributed by atoms with van der Waals surface area (Å²) in [6.07, 6.45) is 2.16. The number of benzene rings is 2. The van der Waals surface area contributed by atoms with Gasteiger partial charge < -0.3 is 15.2 Å². The number of ketones is 1. The number of halogens is 3. The zero-order valence-electron chi connectivity index (χ0n) is 23.8. The van der Waals surface area contributed by atoms with E-state index in [0.29, 0.717) is 27.5 Å². The first-order chi connectivity index (χ1) is 21.0. The molecular formula is C30H27F3N6O5. The molecule has 0 radical (unpaired) electrons. The minimum Gasteiger partial charge on any atom is -0.453 e. The third-order valence-electron chi connectivity index (χ3n) is 6.79. The Hall–Kier alpha value is -5.24. The summed E-state index contributed by atoms with van der Waals surface area (Å²) < 4.78 is 50.3. The molecule has 0 aliphatic heterocycles. The highest BCUT2D eigenvalue weighted by atomic mass is 19.2. The van der Waals surface area contributed by atoms with Crippen molar-refractivity contribution in [2.75, 3.05) is 11.9 Å². The van der Waals surface area contributed by atoms with Crippen molar-refractivity contribution in [2.24, 2.45) is 0 Å². The van der Waals surface area contributed by atoms with Crippen LogP contribution in [0.1, 0.15) is 42.7 Å². The van der Waals surface area contributed by atoms with Crippen molar-refractivity contribution in [1.82, 2.24) is 24.3 Å². The number of aromatic amines is 1. The van der Waals surface area contributed by atoms with Crippen LogP contribution in [0.15, 0.2) is 64.4 Å². The lowest BCUT2D eigenvalue weighted by Gasteiger charge is -2.15. The van der Waals surface area contributed by atoms with Crippen molar-refractivity contribution in [3.8, 4) is 17.2 Å². The van der Waals surface area contributed by atoms with Gasteiger partial charge in [0.1, 0.15) is 16.7 Å². The van der Waals surface area contributed by atoms with Gasteiger partial charge in [-0.1, -0.05) is 6.07 Å². The topological polar surface area (TPSA) is 144 Å². The fourth-order valence-corrected chi connectivity index (χ4v) is 4.51. The van der Waals surface area contributed by atoms with Crippen LogP contribution in [0, 0.1) is 17.5 Å². The largest absolute Gasteiger partial charge is 0.453 e. The zero-order chi connectivity index (χ0) is 31.7. The molecule has 14 heteroatoms. The molecule has 0 saturated carbocycles. The molecule has 0 spiro atoms. The van der Waals surface area contributed by atoms with Gasteiger partial charge in [-0.2, -0.15) is 5.10 Å². The van der Waals surface area contributed by atoms with Crippen LogP contribution in [-0.2, 0) is 6.42 Å². The number of carbonyl (C=O) groups is 1. The van der Waals surface area contributed by atoms with E-state index in [-0.39, 0.29) is 41.0 Å². The normalized spacial score (nSPS) is 12.1. The number of nitrogens with zero attached hydrogens (tertiary/aromatic N) is 4. The van der Waals surface area contributed by atoms with E-state index in [2.05, 4.69) is 20.5 Å². The highest BCUT2D eigenvalue weighted by molar-refractivity contribution is 5.97. The van der Waals surface area contributed by atoms with E-state index in [0.717, 1.165) is 29.0 Å². The first-order valence-corrected chi connectivity index (χ1v) is 13.5. The fourth-order valence-electron chi connectivity index (χ4n) is 4.51. The van der Waals surface area contributed by atoms with Gasteiger partial charge in [0.25, 0.3) is 5.56 Å². The maximum Gasteiger partial charge on any atom is 0.335 e. The minimum absolute atomic E-state index is 0.156. The monoisotopic (exact) mass is 608 g/mol. The molecule has 0 amide bonds. The Balaban J connectivity index is 1.45. The lowest BCUT2D eigenvalue weighted by atomic mass is 10.0. The van der Waals surface area contributed by atoms with Gasteiger partial charge in [-0.3, -0.25) is 19.3 Å². The number of aliphatic hydroxyl groups is 1. The number of pyridine rings is 1. The first kappa shape index (κ1) is 30.2. The molecule has 0 unspecified atom stereocenters. The molecule has 1 atom stereocenters. The van der Waals surface area contributed by atoms with Crippen LogP contribution in [0.5, 0.6) is 11.5 Å². The van der Waals surface area contributed by atoms with E-state index >= 15 is 4.39 Å². The van der Waals surface area contributed by atoms with Gasteiger partial charge in [-0.05, 0) is 50.6 Å². The Bertz CT molecular complexity index is 2000. The van der Waals surface area contributed by atoms with E-state index < -0.39 is 46.9 Å². The maximum absolute atomic E-state index is 15.2. The Morgan fingerprint density at radius 3 is 2.48 bits per heavy atom. The number of ether oxygens (including phenoxy) is 1. The van der Waals surface area contributed by atoms with E-state index in [9.17, 15) is 28.3 Å². The van der Waals surface area contributed by atoms with Gasteiger partial charge in [0, 0.05) is 43.0 Å². The fraction of sp³-hybridized carbons (Fsp3) is 0.233. The summed E-state index contributed by atoms with van der Waals surface area (Å²) in [7, 11) is 0. The minimum atomic E-state index is -1.27. The van der Waals surface area contributed by atoms with Crippen LogP contribution >= 0.6 is 0 Å². The molecule has 0 bridgehead atoms. The van der Waals surface area contributed by atoms with Gasteiger partial charge in [-0.25, -0.2) is 27.5 Å². The van der Waals surface area contributed by atoms with Crippen LogP contribution in [0.4, 0.5) is 19.0 Å². The number of carbonyl (C=O) groups excluding carboxylic acids is 1. The summed E-state index contributed by atoms with van der Waals surface area (Å²) in [5.41, 5.74) is -1.92. The van der Waals surface area contributed by atoms with Gasteiger partial charge in [0.05, 0.1) is 12.3 Å². The molecule has 2 aromatic carbocycles. The third-order valence-corrected chi connectivity index (χ3v) is 6.79. The molecule has 0 fully saturated rings. The Kier molecular flexibility index (Phi) is 8.36. The van der Waals surface area contributed by atoms with Crippen molar-refractivity contribution in [2.45, 2.75) is 39.3 Å². The third kappa shape index (κ3) is 5.83. The molecule has 11 nitrogen and oxygen atoms in total. The van der Waals surface area contributed by atoms with Crippen LogP contribution in [0.25, 0.3) is 16.7 Å². The molecular weight excluding hydrogens is 581 g/mol. The molecule has 3 N–H and O–H groups in total. The van der Waals surface area contributed by atoms with Crippen LogP contribution in [-0.4, -0.2) is 47.9 Å². The zero-order valence-corrected chi connectivity index (χ0v) is 23.8. The number of nitrogens with one attached hydrogen (secondary N) is 2. The second-order valence-electron chi connectivity index (χ2n) is 10.4. The molecule has 0 saturated heterocycles. The van der Waals surface area contributed by atoms with Gasteiger partial charge in [0.2, 0.25) is 0 Å². The molecule has 5 aromatic rings. The molecule has 228 valence electrons. The van der Waals surface area contributed by atoms with E-state index in [1.165, 1.54) is 24.4 Å². The van der Waals surface area contributed by atoms with E-state index in [4.69, 9.17) is 4.74 Å². The van der Waals surface area contributed by atoms with E-state index in [1.807, 2.05) is 0 Å². The maximum atomic E-state index is 15.2. The lowest BCUT2D eigenvalue weighted by molar-refractivity contribution is 0.0990. The average Bonchev–Trinajstić information content (AvgIpc) is 3.39. The predicted octanol–water partition coefficient (Wildman–Crippen LogP) is 4.28. The van der Waals surface area contributed by atoms with Gasteiger partial charge >= 0.3 is 5.69 Å². The summed E-state index contributed by atoms with van der Waals surface area (Å²) >= 11 is 0. The molecule has 0 aliphatic rings. The number of rotatable bonds is 10. The quantitative estimate of drug-likeness (QED) is 0.199. The van der Waals surface area contributed by atoms with Crippen molar-refractivity contribution in [3.63, 3.8) is 0 Å². The Morgan fingerprint density at radius 1 is 1.02 bits per heavy atom. The number of hydrogen-bond donors (Lipinski definition) is 3. The summed E-state index contributed by atoms with van der Waals surface area (Å²) in [6.45, 7) is 4.88. The summed E-state index contributed by atoms with van der Waals surface area (Å²) in [5, 5.41) is 19.7. The molecule has 3 aromatic heterocycles. The van der Waals surface area contributed by atoms with E-state index in [1.54, 1.807) is 20.8 Å². The second kappa shape index (κ2) is 12.2. The Labute approximate surface area is 247 Å². The first-order valence-electron chi connectivity index (χ1n) is 13.5. The smallest absolute Gasteiger partial charge is 0.335 e.